The molecule has 2 amide bonds. The van der Waals surface area contributed by atoms with Gasteiger partial charge in [0.1, 0.15) is 5.82 Å². The molecule has 21 heavy (non-hydrogen) atoms. The molecule has 0 saturated carbocycles. The van der Waals surface area contributed by atoms with Gasteiger partial charge in [-0.25, -0.2) is 9.37 Å². The maximum Gasteiger partial charge on any atom is 0.269 e. The number of hydrazine groups is 1. The van der Waals surface area contributed by atoms with Gasteiger partial charge in [-0.3, -0.25) is 20.4 Å². The summed E-state index contributed by atoms with van der Waals surface area (Å²) in [6, 6.07) is 5.01. The molecule has 110 valence electrons. The van der Waals surface area contributed by atoms with Crippen molar-refractivity contribution in [3.8, 4) is 0 Å². The maximum atomic E-state index is 12.7. The summed E-state index contributed by atoms with van der Waals surface area (Å²) in [6.45, 7) is 0. The van der Waals surface area contributed by atoms with E-state index in [0.29, 0.717) is 5.16 Å². The first kappa shape index (κ1) is 15.0. The lowest BCUT2D eigenvalue weighted by atomic mass is 10.2. The molecule has 0 aliphatic heterocycles. The Morgan fingerprint density at radius 1 is 1.29 bits per heavy atom. The van der Waals surface area contributed by atoms with Crippen molar-refractivity contribution < 1.29 is 14.0 Å². The van der Waals surface area contributed by atoms with Crippen LogP contribution < -0.4 is 10.9 Å². The van der Waals surface area contributed by atoms with Crippen molar-refractivity contribution in [3.05, 3.63) is 48.0 Å². The van der Waals surface area contributed by atoms with Crippen LogP contribution in [0.4, 0.5) is 4.39 Å². The van der Waals surface area contributed by atoms with Crippen LogP contribution in [0.15, 0.2) is 41.8 Å². The van der Waals surface area contributed by atoms with Gasteiger partial charge >= 0.3 is 0 Å². The number of aromatic nitrogens is 2. The van der Waals surface area contributed by atoms with Crippen molar-refractivity contribution in [3.63, 3.8) is 0 Å². The molecule has 1 aromatic heterocycles. The molecule has 2 rings (SSSR count). The van der Waals surface area contributed by atoms with Gasteiger partial charge in [-0.1, -0.05) is 11.8 Å². The molecule has 0 fully saturated rings. The van der Waals surface area contributed by atoms with Crippen LogP contribution in [0.3, 0.4) is 0 Å². The van der Waals surface area contributed by atoms with Crippen molar-refractivity contribution in [1.29, 1.82) is 0 Å². The highest BCUT2D eigenvalue weighted by Crippen LogP contribution is 2.13. The number of nitrogens with zero attached hydrogens (tertiary/aromatic N) is 2. The summed E-state index contributed by atoms with van der Waals surface area (Å²) in [5, 5.41) is 0.704. The zero-order valence-corrected chi connectivity index (χ0v) is 12.0. The first-order chi connectivity index (χ1) is 10.1. The van der Waals surface area contributed by atoms with Gasteiger partial charge in [0.25, 0.3) is 5.91 Å². The van der Waals surface area contributed by atoms with Crippen LogP contribution in [-0.2, 0) is 11.8 Å². The Kier molecular flexibility index (Phi) is 4.94. The second-order valence-electron chi connectivity index (χ2n) is 4.12. The minimum atomic E-state index is -0.509. The van der Waals surface area contributed by atoms with Gasteiger partial charge in [-0.2, -0.15) is 0 Å². The second kappa shape index (κ2) is 6.89. The minimum Gasteiger partial charge on any atom is -0.329 e. The van der Waals surface area contributed by atoms with Gasteiger partial charge in [-0.05, 0) is 24.3 Å². The van der Waals surface area contributed by atoms with Crippen LogP contribution in [0, 0.1) is 5.82 Å². The molecule has 0 spiro atoms. The molecule has 0 aliphatic carbocycles. The lowest BCUT2D eigenvalue weighted by molar-refractivity contribution is -0.119. The van der Waals surface area contributed by atoms with E-state index in [2.05, 4.69) is 15.8 Å². The van der Waals surface area contributed by atoms with E-state index in [1.807, 2.05) is 7.05 Å². The van der Waals surface area contributed by atoms with Crippen LogP contribution in [0.1, 0.15) is 10.4 Å². The summed E-state index contributed by atoms with van der Waals surface area (Å²) in [7, 11) is 1.82. The molecule has 1 aromatic carbocycles. The number of nitrogens with one attached hydrogen (secondary N) is 2. The van der Waals surface area contributed by atoms with Gasteiger partial charge in [0.15, 0.2) is 5.16 Å². The Morgan fingerprint density at radius 3 is 2.62 bits per heavy atom. The minimum absolute atomic E-state index is 0.120. The molecule has 8 heteroatoms. The highest BCUT2D eigenvalue weighted by molar-refractivity contribution is 7.99. The van der Waals surface area contributed by atoms with Gasteiger partial charge in [0.2, 0.25) is 5.91 Å². The van der Waals surface area contributed by atoms with Crippen LogP contribution in [0.2, 0.25) is 0 Å². The number of carbonyl (C=O) groups is 2. The Balaban J connectivity index is 1.77. The van der Waals surface area contributed by atoms with Crippen LogP contribution in [0.25, 0.3) is 0 Å². The lowest BCUT2D eigenvalue weighted by Gasteiger charge is -2.07. The van der Waals surface area contributed by atoms with E-state index in [4.69, 9.17) is 0 Å². The zero-order chi connectivity index (χ0) is 15.2. The summed E-state index contributed by atoms with van der Waals surface area (Å²) in [5.41, 5.74) is 4.81. The van der Waals surface area contributed by atoms with Crippen molar-refractivity contribution in [1.82, 2.24) is 20.4 Å². The smallest absolute Gasteiger partial charge is 0.269 e. The fourth-order valence-corrected chi connectivity index (χ4v) is 2.19. The fourth-order valence-electron chi connectivity index (χ4n) is 1.46. The van der Waals surface area contributed by atoms with E-state index in [-0.39, 0.29) is 17.2 Å². The van der Waals surface area contributed by atoms with E-state index in [9.17, 15) is 14.0 Å². The monoisotopic (exact) mass is 308 g/mol. The number of hydrogen-bond donors (Lipinski definition) is 2. The van der Waals surface area contributed by atoms with Crippen molar-refractivity contribution in [2.75, 3.05) is 5.75 Å². The molecule has 6 nitrogen and oxygen atoms in total. The molecule has 0 atom stereocenters. The first-order valence-corrected chi connectivity index (χ1v) is 6.99. The third kappa shape index (κ3) is 4.32. The number of imidazole rings is 1. The average molecular weight is 308 g/mol. The maximum absolute atomic E-state index is 12.7. The molecule has 2 aromatic rings. The second-order valence-corrected chi connectivity index (χ2v) is 5.06. The van der Waals surface area contributed by atoms with E-state index in [1.165, 1.54) is 36.0 Å². The molecule has 0 unspecified atom stereocenters. The largest absolute Gasteiger partial charge is 0.329 e. The highest BCUT2D eigenvalue weighted by Gasteiger charge is 2.09. The number of carbonyl (C=O) groups excluding carboxylic acids is 2. The van der Waals surface area contributed by atoms with E-state index < -0.39 is 11.7 Å². The molecule has 0 aliphatic rings. The van der Waals surface area contributed by atoms with Gasteiger partial charge in [0, 0.05) is 25.0 Å². The highest BCUT2D eigenvalue weighted by atomic mass is 32.2. The topological polar surface area (TPSA) is 76.0 Å². The summed E-state index contributed by atoms with van der Waals surface area (Å²) in [6.07, 6.45) is 3.41. The van der Waals surface area contributed by atoms with Gasteiger partial charge in [-0.15, -0.1) is 0 Å². The fraction of sp³-hybridized carbons (Fsp3) is 0.154. The van der Waals surface area contributed by atoms with Gasteiger partial charge < -0.3 is 4.57 Å². The standard InChI is InChI=1S/C13H13FN4O2S/c1-18-7-6-15-13(18)21-8-11(19)16-17-12(20)9-2-4-10(14)5-3-9/h2-7H,8H2,1H3,(H,16,19)(H,17,20). The van der Waals surface area contributed by atoms with Gasteiger partial charge in [0.05, 0.1) is 5.75 Å². The predicted octanol–water partition coefficient (Wildman–Crippen LogP) is 1.11. The van der Waals surface area contributed by atoms with Crippen LogP contribution >= 0.6 is 11.8 Å². The lowest BCUT2D eigenvalue weighted by Crippen LogP contribution is -2.42. The summed E-state index contributed by atoms with van der Waals surface area (Å²) < 4.78 is 14.5. The third-order valence-corrected chi connectivity index (χ3v) is 3.59. The van der Waals surface area contributed by atoms with E-state index >= 15 is 0 Å². The Labute approximate surface area is 124 Å². The Morgan fingerprint density at radius 2 is 2.00 bits per heavy atom. The first-order valence-electron chi connectivity index (χ1n) is 6.01. The summed E-state index contributed by atoms with van der Waals surface area (Å²) in [4.78, 5) is 27.3. The number of halogens is 1. The molecular formula is C13H13FN4O2S. The van der Waals surface area contributed by atoms with E-state index in [0.717, 1.165) is 0 Å². The number of rotatable bonds is 4. The zero-order valence-electron chi connectivity index (χ0n) is 11.2. The number of amides is 2. The average Bonchev–Trinajstić information content (AvgIpc) is 2.88. The SMILES string of the molecule is Cn1ccnc1SCC(=O)NNC(=O)c1ccc(F)cc1. The van der Waals surface area contributed by atoms with Crippen molar-refractivity contribution in [2.24, 2.45) is 7.05 Å². The molecular weight excluding hydrogens is 295 g/mol. The predicted molar refractivity (Wildman–Crippen MR) is 75.9 cm³/mol. The number of hydrogen-bond acceptors (Lipinski definition) is 4. The molecule has 0 radical (unpaired) electrons. The quantitative estimate of drug-likeness (QED) is 0.655. The number of aryl methyl sites for hydroxylation is 1. The van der Waals surface area contributed by atoms with E-state index in [1.54, 1.807) is 17.0 Å². The molecule has 2 N–H and O–H groups in total. The number of thioether (sulfide) groups is 1. The number of benzene rings is 1. The van der Waals surface area contributed by atoms with Crippen molar-refractivity contribution >= 4 is 23.6 Å². The van der Waals surface area contributed by atoms with Crippen LogP contribution in [0.5, 0.6) is 0 Å². The molecule has 1 heterocycles. The normalized spacial score (nSPS) is 10.2. The molecule has 0 bridgehead atoms. The summed E-state index contributed by atoms with van der Waals surface area (Å²) in [5.74, 6) is -1.18. The Bertz CT molecular complexity index is 642. The van der Waals surface area contributed by atoms with Crippen molar-refractivity contribution in [2.45, 2.75) is 5.16 Å². The Hall–Kier alpha value is -2.35. The molecule has 0 saturated heterocycles. The van der Waals surface area contributed by atoms with Crippen LogP contribution in [-0.4, -0.2) is 27.1 Å². The summed E-state index contributed by atoms with van der Waals surface area (Å²) >= 11 is 1.25. The third-order valence-electron chi connectivity index (χ3n) is 2.53.